The predicted octanol–water partition coefficient (Wildman–Crippen LogP) is 3.86. The lowest BCUT2D eigenvalue weighted by molar-refractivity contribution is 0.247. The van der Waals surface area contributed by atoms with E-state index in [1.165, 1.54) is 11.1 Å². The van der Waals surface area contributed by atoms with Crippen LogP contribution in [0.3, 0.4) is 0 Å². The van der Waals surface area contributed by atoms with E-state index >= 15 is 0 Å². The number of nitrogens with zero attached hydrogens (tertiary/aromatic N) is 4. The van der Waals surface area contributed by atoms with E-state index in [9.17, 15) is 4.79 Å². The number of nitrogens with one attached hydrogen (secondary N) is 3. The number of pyridine rings is 2. The van der Waals surface area contributed by atoms with Gasteiger partial charge in [-0.3, -0.25) is 15.4 Å². The minimum atomic E-state index is -0.259. The van der Waals surface area contributed by atoms with Crippen molar-refractivity contribution in [1.82, 2.24) is 30.4 Å². The minimum Gasteiger partial charge on any atom is -0.333 e. The fraction of sp³-hybridized carbons (Fsp3) is 0.280. The number of fused-ring (bicyclic) bond motifs is 1. The SMILES string of the molecule is Cc1cc(-c2n[nH]c3cc(NC(=O)NC4CN(C)CC4c4ccccc4C)ncc23)ccn1. The number of rotatable bonds is 4. The van der Waals surface area contributed by atoms with Gasteiger partial charge in [0.1, 0.15) is 11.5 Å². The molecule has 33 heavy (non-hydrogen) atoms. The van der Waals surface area contributed by atoms with E-state index in [0.29, 0.717) is 5.82 Å². The third-order valence-corrected chi connectivity index (χ3v) is 6.27. The quantitative estimate of drug-likeness (QED) is 0.447. The first kappa shape index (κ1) is 21.1. The van der Waals surface area contributed by atoms with Crippen LogP contribution in [-0.4, -0.2) is 57.3 Å². The molecule has 168 valence electrons. The molecule has 5 rings (SSSR count). The molecule has 3 aromatic heterocycles. The first-order chi connectivity index (χ1) is 16.0. The molecule has 4 heterocycles. The zero-order chi connectivity index (χ0) is 22.9. The second-order valence-corrected chi connectivity index (χ2v) is 8.76. The molecule has 1 fully saturated rings. The zero-order valence-electron chi connectivity index (χ0n) is 19.0. The number of hydrogen-bond donors (Lipinski definition) is 3. The first-order valence-corrected chi connectivity index (χ1v) is 11.1. The number of H-pyrrole nitrogens is 1. The number of urea groups is 1. The third-order valence-electron chi connectivity index (χ3n) is 6.27. The number of likely N-dealkylation sites (N-methyl/N-ethyl adjacent to an activating group) is 1. The third kappa shape index (κ3) is 4.29. The Kier molecular flexibility index (Phi) is 5.51. The topological polar surface area (TPSA) is 98.8 Å². The Labute approximate surface area is 192 Å². The first-order valence-electron chi connectivity index (χ1n) is 11.1. The normalized spacial score (nSPS) is 18.5. The van der Waals surface area contributed by atoms with Crippen molar-refractivity contribution in [2.24, 2.45) is 0 Å². The molecular formula is C25H27N7O. The highest BCUT2D eigenvalue weighted by molar-refractivity contribution is 5.95. The summed E-state index contributed by atoms with van der Waals surface area (Å²) in [7, 11) is 2.08. The summed E-state index contributed by atoms with van der Waals surface area (Å²) in [4.78, 5) is 23.8. The van der Waals surface area contributed by atoms with E-state index in [0.717, 1.165) is 40.9 Å². The number of aromatic nitrogens is 4. The number of benzene rings is 1. The lowest BCUT2D eigenvalue weighted by Crippen LogP contribution is -2.42. The summed E-state index contributed by atoms with van der Waals surface area (Å²) in [5.74, 6) is 0.719. The number of aromatic amines is 1. The Morgan fingerprint density at radius 2 is 1.97 bits per heavy atom. The molecular weight excluding hydrogens is 414 g/mol. The number of anilines is 1. The molecule has 0 aliphatic carbocycles. The molecule has 8 nitrogen and oxygen atoms in total. The molecule has 1 saturated heterocycles. The van der Waals surface area contributed by atoms with Crippen LogP contribution in [0.25, 0.3) is 22.2 Å². The van der Waals surface area contributed by atoms with Gasteiger partial charge in [-0.05, 0) is 44.2 Å². The molecule has 2 atom stereocenters. The van der Waals surface area contributed by atoms with Crippen LogP contribution in [-0.2, 0) is 0 Å². The summed E-state index contributed by atoms with van der Waals surface area (Å²) in [5, 5.41) is 14.4. The maximum Gasteiger partial charge on any atom is 0.320 e. The number of carbonyl (C=O) groups excluding carboxylic acids is 1. The van der Waals surface area contributed by atoms with Crippen molar-refractivity contribution >= 4 is 22.8 Å². The Bertz CT molecular complexity index is 1320. The highest BCUT2D eigenvalue weighted by Crippen LogP contribution is 2.30. The van der Waals surface area contributed by atoms with E-state index in [1.807, 2.05) is 25.1 Å². The number of amides is 2. The van der Waals surface area contributed by atoms with Crippen LogP contribution in [0.5, 0.6) is 0 Å². The summed E-state index contributed by atoms with van der Waals surface area (Å²) in [6, 6.07) is 13.9. The molecule has 3 N–H and O–H groups in total. The van der Waals surface area contributed by atoms with Crippen LogP contribution < -0.4 is 10.6 Å². The van der Waals surface area contributed by atoms with Crippen LogP contribution in [0.4, 0.5) is 10.6 Å². The molecule has 4 aromatic rings. The summed E-state index contributed by atoms with van der Waals surface area (Å²) < 4.78 is 0. The van der Waals surface area contributed by atoms with Crippen molar-refractivity contribution in [3.05, 3.63) is 71.7 Å². The molecule has 2 unspecified atom stereocenters. The van der Waals surface area contributed by atoms with Crippen molar-refractivity contribution in [2.75, 3.05) is 25.5 Å². The van der Waals surface area contributed by atoms with Crippen LogP contribution in [0.1, 0.15) is 22.7 Å². The standard InChI is InChI=1S/C25H27N7O/c1-15-6-4-5-7-18(15)20-13-32(3)14-22(20)28-25(33)29-23-11-21-19(12-27-23)24(31-30-21)17-8-9-26-16(2)10-17/h4-12,20,22H,13-14H2,1-3H3,(H,30,31)(H2,27,28,29,33). The summed E-state index contributed by atoms with van der Waals surface area (Å²) >= 11 is 0. The number of hydrogen-bond acceptors (Lipinski definition) is 5. The fourth-order valence-corrected chi connectivity index (χ4v) is 4.68. The van der Waals surface area contributed by atoms with Crippen molar-refractivity contribution in [2.45, 2.75) is 25.8 Å². The maximum absolute atomic E-state index is 12.8. The van der Waals surface area contributed by atoms with Gasteiger partial charge in [-0.15, -0.1) is 0 Å². The Morgan fingerprint density at radius 1 is 1.12 bits per heavy atom. The average molecular weight is 442 g/mol. The fourth-order valence-electron chi connectivity index (χ4n) is 4.68. The van der Waals surface area contributed by atoms with Gasteiger partial charge in [0.2, 0.25) is 0 Å². The molecule has 8 heteroatoms. The number of likely N-dealkylation sites (tertiary alicyclic amines) is 1. The van der Waals surface area contributed by atoms with Crippen LogP contribution in [0.2, 0.25) is 0 Å². The minimum absolute atomic E-state index is 0.0218. The second-order valence-electron chi connectivity index (χ2n) is 8.76. The molecule has 0 spiro atoms. The maximum atomic E-state index is 12.8. The van der Waals surface area contributed by atoms with Crippen molar-refractivity contribution in [3.63, 3.8) is 0 Å². The summed E-state index contributed by atoms with van der Waals surface area (Å²) in [5.41, 5.74) is 6.05. The van der Waals surface area contributed by atoms with Gasteiger partial charge in [-0.1, -0.05) is 24.3 Å². The van der Waals surface area contributed by atoms with E-state index in [1.54, 1.807) is 18.5 Å². The summed E-state index contributed by atoms with van der Waals surface area (Å²) in [6.45, 7) is 5.78. The second kappa shape index (κ2) is 8.63. The largest absolute Gasteiger partial charge is 0.333 e. The van der Waals surface area contributed by atoms with Crippen LogP contribution >= 0.6 is 0 Å². The predicted molar refractivity (Wildman–Crippen MR) is 129 cm³/mol. The average Bonchev–Trinajstić information content (AvgIpc) is 3.37. The highest BCUT2D eigenvalue weighted by Gasteiger charge is 2.33. The molecule has 0 bridgehead atoms. The van der Waals surface area contributed by atoms with Crippen molar-refractivity contribution in [1.29, 1.82) is 0 Å². The van der Waals surface area contributed by atoms with Gasteiger partial charge in [-0.2, -0.15) is 5.10 Å². The molecule has 0 radical (unpaired) electrons. The smallest absolute Gasteiger partial charge is 0.320 e. The van der Waals surface area contributed by atoms with Gasteiger partial charge < -0.3 is 10.2 Å². The Hall–Kier alpha value is -3.78. The monoisotopic (exact) mass is 441 g/mol. The zero-order valence-corrected chi connectivity index (χ0v) is 19.0. The van der Waals surface area contributed by atoms with Gasteiger partial charge in [-0.25, -0.2) is 9.78 Å². The van der Waals surface area contributed by atoms with E-state index in [4.69, 9.17) is 0 Å². The van der Waals surface area contributed by atoms with Crippen LogP contribution in [0.15, 0.2) is 54.9 Å². The highest BCUT2D eigenvalue weighted by atomic mass is 16.2. The molecule has 1 aliphatic heterocycles. The lowest BCUT2D eigenvalue weighted by atomic mass is 9.91. The van der Waals surface area contributed by atoms with Gasteiger partial charge in [0, 0.05) is 54.1 Å². The van der Waals surface area contributed by atoms with Crippen molar-refractivity contribution < 1.29 is 4.79 Å². The van der Waals surface area contributed by atoms with E-state index in [-0.39, 0.29) is 18.0 Å². The van der Waals surface area contributed by atoms with Gasteiger partial charge in [0.25, 0.3) is 0 Å². The number of carbonyl (C=O) groups is 1. The molecule has 1 aliphatic rings. The van der Waals surface area contributed by atoms with Gasteiger partial charge in [0.05, 0.1) is 11.6 Å². The lowest BCUT2D eigenvalue weighted by Gasteiger charge is -2.22. The Morgan fingerprint density at radius 3 is 2.79 bits per heavy atom. The van der Waals surface area contributed by atoms with E-state index in [2.05, 4.69) is 67.9 Å². The van der Waals surface area contributed by atoms with Crippen LogP contribution in [0, 0.1) is 13.8 Å². The Balaban J connectivity index is 1.31. The van der Waals surface area contributed by atoms with E-state index < -0.39 is 0 Å². The number of aryl methyl sites for hydroxylation is 2. The molecule has 1 aromatic carbocycles. The van der Waals surface area contributed by atoms with Crippen molar-refractivity contribution in [3.8, 4) is 11.3 Å². The van der Waals surface area contributed by atoms with Gasteiger partial charge in [0.15, 0.2) is 0 Å². The van der Waals surface area contributed by atoms with Gasteiger partial charge >= 0.3 is 6.03 Å². The molecule has 0 saturated carbocycles. The summed E-state index contributed by atoms with van der Waals surface area (Å²) in [6.07, 6.45) is 3.50. The molecule has 2 amide bonds.